The Morgan fingerprint density at radius 3 is 3.46 bits per heavy atom. The fourth-order valence-electron chi connectivity index (χ4n) is 2.00. The summed E-state index contributed by atoms with van der Waals surface area (Å²) in [6, 6.07) is 0. The Kier molecular flexibility index (Phi) is 1.41. The molecule has 66 valence electrons. The molecule has 4 heteroatoms. The zero-order valence-corrected chi connectivity index (χ0v) is 7.67. The number of aromatic nitrogens is 2. The van der Waals surface area contributed by atoms with E-state index in [0.717, 1.165) is 17.7 Å². The van der Waals surface area contributed by atoms with E-state index < -0.39 is 0 Å². The van der Waals surface area contributed by atoms with E-state index in [1.165, 1.54) is 6.33 Å². The number of hydrogen-bond acceptors (Lipinski definition) is 3. The maximum atomic E-state index is 11.4. The number of thioether (sulfide) groups is 1. The molecule has 2 unspecified atom stereocenters. The van der Waals surface area contributed by atoms with Gasteiger partial charge in [-0.2, -0.15) is 0 Å². The molecule has 0 saturated heterocycles. The van der Waals surface area contributed by atoms with Gasteiger partial charge < -0.3 is 4.98 Å². The predicted molar refractivity (Wildman–Crippen MR) is 51.5 cm³/mol. The minimum absolute atomic E-state index is 0.0356. The second-order valence-electron chi connectivity index (χ2n) is 3.35. The van der Waals surface area contributed by atoms with Crippen molar-refractivity contribution in [2.45, 2.75) is 11.7 Å². The van der Waals surface area contributed by atoms with Crippen LogP contribution in [0.15, 0.2) is 22.6 Å². The molecule has 1 aliphatic heterocycles. The third-order valence-corrected chi connectivity index (χ3v) is 3.81. The lowest BCUT2D eigenvalue weighted by Gasteiger charge is -2.05. The molecule has 0 spiro atoms. The number of nitrogens with one attached hydrogen (secondary N) is 1. The molecule has 1 N–H and O–H groups in total. The lowest BCUT2D eigenvalue weighted by Crippen LogP contribution is -2.12. The average molecular weight is 192 g/mol. The molecule has 0 amide bonds. The van der Waals surface area contributed by atoms with E-state index in [2.05, 4.69) is 21.5 Å². The average Bonchev–Trinajstić information content (AvgIpc) is 2.65. The summed E-state index contributed by atoms with van der Waals surface area (Å²) >= 11 is 1.77. The maximum absolute atomic E-state index is 11.4. The van der Waals surface area contributed by atoms with Crippen LogP contribution in [0, 0.1) is 5.92 Å². The highest BCUT2D eigenvalue weighted by Crippen LogP contribution is 2.48. The molecular formula is C9H8N2OS. The van der Waals surface area contributed by atoms with Crippen LogP contribution in [0.5, 0.6) is 0 Å². The number of nitrogens with zero attached hydrogens (tertiary/aromatic N) is 1. The Morgan fingerprint density at radius 1 is 1.62 bits per heavy atom. The van der Waals surface area contributed by atoms with Gasteiger partial charge in [-0.05, 0) is 17.7 Å². The Bertz CT molecular complexity index is 437. The van der Waals surface area contributed by atoms with Crippen molar-refractivity contribution in [3.63, 3.8) is 0 Å². The lowest BCUT2D eigenvalue weighted by atomic mass is 10.1. The van der Waals surface area contributed by atoms with Crippen LogP contribution >= 0.6 is 11.8 Å². The SMILES string of the molecule is O=c1[nH]cnc2c1CC1C=CSC21. The number of hydrogen-bond donors (Lipinski definition) is 1. The fraction of sp³-hybridized carbons (Fsp3) is 0.333. The quantitative estimate of drug-likeness (QED) is 0.672. The third-order valence-electron chi connectivity index (χ3n) is 2.63. The minimum Gasteiger partial charge on any atom is -0.313 e. The summed E-state index contributed by atoms with van der Waals surface area (Å²) in [5.41, 5.74) is 1.91. The van der Waals surface area contributed by atoms with Crippen LogP contribution in [0.4, 0.5) is 0 Å². The fourth-order valence-corrected chi connectivity index (χ4v) is 3.18. The Balaban J connectivity index is 2.20. The van der Waals surface area contributed by atoms with Gasteiger partial charge in [0.1, 0.15) is 0 Å². The number of H-pyrrole nitrogens is 1. The van der Waals surface area contributed by atoms with Crippen molar-refractivity contribution in [3.8, 4) is 0 Å². The van der Waals surface area contributed by atoms with E-state index in [-0.39, 0.29) is 5.56 Å². The van der Waals surface area contributed by atoms with Gasteiger partial charge in [-0.1, -0.05) is 6.08 Å². The van der Waals surface area contributed by atoms with Gasteiger partial charge in [-0.15, -0.1) is 11.8 Å². The smallest absolute Gasteiger partial charge is 0.254 e. The molecule has 0 radical (unpaired) electrons. The molecule has 2 heterocycles. The monoisotopic (exact) mass is 192 g/mol. The Hall–Kier alpha value is -1.03. The van der Waals surface area contributed by atoms with E-state index in [1.807, 2.05) is 0 Å². The summed E-state index contributed by atoms with van der Waals surface area (Å²) in [4.78, 5) is 18.3. The van der Waals surface area contributed by atoms with Crippen LogP contribution in [0.1, 0.15) is 16.5 Å². The molecule has 0 saturated carbocycles. The minimum atomic E-state index is 0.0356. The van der Waals surface area contributed by atoms with Crippen molar-refractivity contribution in [1.82, 2.24) is 9.97 Å². The number of aromatic amines is 1. The van der Waals surface area contributed by atoms with Gasteiger partial charge in [0.15, 0.2) is 0 Å². The molecule has 3 nitrogen and oxygen atoms in total. The van der Waals surface area contributed by atoms with Gasteiger partial charge in [-0.3, -0.25) is 4.79 Å². The van der Waals surface area contributed by atoms with Gasteiger partial charge in [-0.25, -0.2) is 4.98 Å². The van der Waals surface area contributed by atoms with Gasteiger partial charge in [0.05, 0.1) is 17.3 Å². The van der Waals surface area contributed by atoms with E-state index in [0.29, 0.717) is 11.2 Å². The summed E-state index contributed by atoms with van der Waals surface area (Å²) in [6.45, 7) is 0. The molecule has 1 aliphatic carbocycles. The third kappa shape index (κ3) is 0.920. The highest BCUT2D eigenvalue weighted by atomic mass is 32.2. The topological polar surface area (TPSA) is 45.8 Å². The summed E-state index contributed by atoms with van der Waals surface area (Å²) in [5, 5.41) is 2.51. The van der Waals surface area contributed by atoms with Gasteiger partial charge in [0.2, 0.25) is 0 Å². The van der Waals surface area contributed by atoms with Crippen molar-refractivity contribution >= 4 is 11.8 Å². The van der Waals surface area contributed by atoms with Gasteiger partial charge in [0.25, 0.3) is 5.56 Å². The standard InChI is InChI=1S/C9H8N2OS/c12-9-6-3-5-1-2-13-8(5)7(6)10-4-11-9/h1-2,4-5,8H,3H2,(H,10,11,12). The van der Waals surface area contributed by atoms with Crippen LogP contribution < -0.4 is 5.56 Å². The van der Waals surface area contributed by atoms with E-state index in [4.69, 9.17) is 0 Å². The lowest BCUT2D eigenvalue weighted by molar-refractivity contribution is 0.695. The van der Waals surface area contributed by atoms with E-state index >= 15 is 0 Å². The zero-order valence-electron chi connectivity index (χ0n) is 6.86. The molecule has 2 atom stereocenters. The second-order valence-corrected chi connectivity index (χ2v) is 4.40. The zero-order chi connectivity index (χ0) is 8.84. The molecule has 1 aromatic heterocycles. The number of rotatable bonds is 0. The highest BCUT2D eigenvalue weighted by molar-refractivity contribution is 8.02. The molecule has 0 aromatic carbocycles. The first-order chi connectivity index (χ1) is 6.36. The van der Waals surface area contributed by atoms with Crippen LogP contribution in [-0.4, -0.2) is 9.97 Å². The molecule has 3 rings (SSSR count). The van der Waals surface area contributed by atoms with Crippen LogP contribution in [0.3, 0.4) is 0 Å². The number of fused-ring (bicyclic) bond motifs is 3. The largest absolute Gasteiger partial charge is 0.313 e. The molecule has 0 bridgehead atoms. The van der Waals surface area contributed by atoms with E-state index in [1.54, 1.807) is 11.8 Å². The highest BCUT2D eigenvalue weighted by Gasteiger charge is 2.36. The molecular weight excluding hydrogens is 184 g/mol. The molecule has 13 heavy (non-hydrogen) atoms. The van der Waals surface area contributed by atoms with Crippen molar-refractivity contribution in [2.24, 2.45) is 5.92 Å². The Morgan fingerprint density at radius 2 is 2.54 bits per heavy atom. The Labute approximate surface area is 79.3 Å². The summed E-state index contributed by atoms with van der Waals surface area (Å²) < 4.78 is 0. The van der Waals surface area contributed by atoms with Gasteiger partial charge >= 0.3 is 0 Å². The summed E-state index contributed by atoms with van der Waals surface area (Å²) in [7, 11) is 0. The molecule has 2 aliphatic rings. The van der Waals surface area contributed by atoms with Crippen molar-refractivity contribution < 1.29 is 0 Å². The predicted octanol–water partition coefficient (Wildman–Crippen LogP) is 1.24. The van der Waals surface area contributed by atoms with Crippen molar-refractivity contribution in [3.05, 3.63) is 39.4 Å². The van der Waals surface area contributed by atoms with Crippen molar-refractivity contribution in [2.75, 3.05) is 0 Å². The summed E-state index contributed by atoms with van der Waals surface area (Å²) in [6.07, 6.45) is 4.53. The van der Waals surface area contributed by atoms with E-state index in [9.17, 15) is 4.79 Å². The number of allylic oxidation sites excluding steroid dienone is 1. The first kappa shape index (κ1) is 7.38. The normalized spacial score (nSPS) is 28.9. The molecule has 0 fully saturated rings. The first-order valence-corrected chi connectivity index (χ1v) is 5.19. The van der Waals surface area contributed by atoms with Crippen LogP contribution in [0.2, 0.25) is 0 Å². The second kappa shape index (κ2) is 2.48. The molecule has 1 aromatic rings. The van der Waals surface area contributed by atoms with Crippen molar-refractivity contribution in [1.29, 1.82) is 0 Å². The van der Waals surface area contributed by atoms with Crippen LogP contribution in [-0.2, 0) is 6.42 Å². The summed E-state index contributed by atoms with van der Waals surface area (Å²) in [5.74, 6) is 0.496. The van der Waals surface area contributed by atoms with Crippen LogP contribution in [0.25, 0.3) is 0 Å². The maximum Gasteiger partial charge on any atom is 0.254 e. The van der Waals surface area contributed by atoms with Gasteiger partial charge in [0, 0.05) is 5.56 Å². The first-order valence-electron chi connectivity index (χ1n) is 4.25.